The molecule has 0 saturated carbocycles. The van der Waals surface area contributed by atoms with Gasteiger partial charge in [0.1, 0.15) is 12.2 Å². The number of halogens is 6. The van der Waals surface area contributed by atoms with E-state index in [0.29, 0.717) is 14.2 Å². The molecule has 0 aliphatic carbocycles. The molecule has 0 spiro atoms. The number of nitrogens with one attached hydrogen (secondary N) is 1. The van der Waals surface area contributed by atoms with Gasteiger partial charge >= 0.3 is 24.3 Å². The van der Waals surface area contributed by atoms with Gasteiger partial charge in [-0.2, -0.15) is 34.8 Å². The highest BCUT2D eigenvalue weighted by atomic mass is 32.2. The molecule has 2 aromatic rings. The van der Waals surface area contributed by atoms with Gasteiger partial charge in [-0.25, -0.2) is 9.59 Å². The van der Waals surface area contributed by atoms with E-state index in [4.69, 9.17) is 18.9 Å². The molecule has 2 aromatic carbocycles. The average molecular weight is 788 g/mol. The average Bonchev–Trinajstić information content (AvgIpc) is 3.05. The summed E-state index contributed by atoms with van der Waals surface area (Å²) in [5.41, 5.74) is -10.2. The molecule has 2 N–H and O–H groups in total. The lowest BCUT2D eigenvalue weighted by molar-refractivity contribution is -0.279. The number of esters is 2. The SMILES string of the molecule is CO[C@@](C(=O)O[C@H](CCC[C@](C)(O)CC(=O)NCCS(=O)(=O)OC)C[C@H](C)OC(=O)[C@](OC)(c1ccccc1)C(F)(F)F)(c1ccccc1)C(F)(F)F. The molecule has 0 heterocycles. The molecule has 0 bridgehead atoms. The van der Waals surface area contributed by atoms with Crippen LogP contribution in [0.2, 0.25) is 0 Å². The van der Waals surface area contributed by atoms with Crippen LogP contribution in [0, 0.1) is 0 Å². The van der Waals surface area contributed by atoms with Gasteiger partial charge in [0.05, 0.1) is 24.9 Å². The zero-order chi connectivity index (χ0) is 40.3. The lowest BCUT2D eigenvalue weighted by Crippen LogP contribution is -2.53. The number of ether oxygens (including phenoxy) is 4. The number of hydrogen-bond acceptors (Lipinski definition) is 11. The number of amides is 1. The Morgan fingerprint density at radius 2 is 1.25 bits per heavy atom. The Balaban J connectivity index is 2.36. The topological polar surface area (TPSA) is 164 Å². The van der Waals surface area contributed by atoms with Crippen molar-refractivity contribution in [1.82, 2.24) is 5.32 Å². The van der Waals surface area contributed by atoms with Crippen LogP contribution in [0.3, 0.4) is 0 Å². The molecule has 2 rings (SSSR count). The third-order valence-corrected chi connectivity index (χ3v) is 9.45. The summed E-state index contributed by atoms with van der Waals surface area (Å²) in [5, 5.41) is 13.1. The van der Waals surface area contributed by atoms with E-state index in [1.54, 1.807) is 0 Å². The van der Waals surface area contributed by atoms with E-state index in [2.05, 4.69) is 9.50 Å². The predicted octanol–water partition coefficient (Wildman–Crippen LogP) is 4.83. The van der Waals surface area contributed by atoms with E-state index >= 15 is 0 Å². The predicted molar refractivity (Wildman–Crippen MR) is 175 cm³/mol. The van der Waals surface area contributed by atoms with Gasteiger partial charge in [-0.3, -0.25) is 8.98 Å². The normalized spacial score (nSPS) is 17.0. The van der Waals surface area contributed by atoms with Crippen LogP contribution < -0.4 is 5.32 Å². The maximum atomic E-state index is 14.6. The van der Waals surface area contributed by atoms with E-state index < -0.39 is 99.0 Å². The number of carbonyl (C=O) groups excluding carboxylic acids is 3. The maximum Gasteiger partial charge on any atom is 0.432 e. The zero-order valence-electron chi connectivity index (χ0n) is 29.6. The summed E-state index contributed by atoms with van der Waals surface area (Å²) in [7, 11) is -1.64. The molecule has 5 atom stereocenters. The maximum absolute atomic E-state index is 14.6. The fourth-order valence-corrected chi connectivity index (χ4v) is 6.04. The molecular formula is C34H43F6NO11S. The first-order valence-electron chi connectivity index (χ1n) is 16.1. The molecule has 0 radical (unpaired) electrons. The van der Waals surface area contributed by atoms with Crippen molar-refractivity contribution in [2.24, 2.45) is 0 Å². The first-order valence-corrected chi connectivity index (χ1v) is 17.6. The molecular weight excluding hydrogens is 744 g/mol. The molecule has 0 aliphatic heterocycles. The second-order valence-electron chi connectivity index (χ2n) is 12.3. The number of rotatable bonds is 20. The van der Waals surface area contributed by atoms with Gasteiger partial charge in [-0.15, -0.1) is 0 Å². The van der Waals surface area contributed by atoms with Crippen molar-refractivity contribution < 1.29 is 77.4 Å². The zero-order valence-corrected chi connectivity index (χ0v) is 30.4. The quantitative estimate of drug-likeness (QED) is 0.107. The smallest absolute Gasteiger partial charge is 0.432 e. The molecule has 0 saturated heterocycles. The van der Waals surface area contributed by atoms with Crippen LogP contribution in [0.1, 0.15) is 57.1 Å². The number of benzene rings is 2. The van der Waals surface area contributed by atoms with Gasteiger partial charge in [-0.1, -0.05) is 60.7 Å². The van der Waals surface area contributed by atoms with Gasteiger partial charge in [0, 0.05) is 38.3 Å². The van der Waals surface area contributed by atoms with Gasteiger partial charge in [0.2, 0.25) is 5.91 Å². The monoisotopic (exact) mass is 787 g/mol. The molecule has 0 aromatic heterocycles. The van der Waals surface area contributed by atoms with Crippen LogP contribution in [-0.4, -0.2) is 95.2 Å². The molecule has 19 heteroatoms. The van der Waals surface area contributed by atoms with E-state index in [9.17, 15) is 54.3 Å². The minimum Gasteiger partial charge on any atom is -0.460 e. The van der Waals surface area contributed by atoms with E-state index in [-0.39, 0.29) is 25.8 Å². The van der Waals surface area contributed by atoms with Crippen molar-refractivity contribution in [2.75, 3.05) is 33.6 Å². The fraction of sp³-hybridized carbons (Fsp3) is 0.559. The Morgan fingerprint density at radius 3 is 1.66 bits per heavy atom. The molecule has 53 heavy (non-hydrogen) atoms. The summed E-state index contributed by atoms with van der Waals surface area (Å²) in [6.45, 7) is 2.06. The molecule has 298 valence electrons. The molecule has 0 fully saturated rings. The fourth-order valence-electron chi connectivity index (χ4n) is 5.52. The van der Waals surface area contributed by atoms with Gasteiger partial charge in [0.15, 0.2) is 0 Å². The van der Waals surface area contributed by atoms with Crippen molar-refractivity contribution in [3.05, 3.63) is 71.8 Å². The second kappa shape index (κ2) is 18.5. The first-order chi connectivity index (χ1) is 24.5. The third kappa shape index (κ3) is 11.6. The van der Waals surface area contributed by atoms with Crippen molar-refractivity contribution >= 4 is 28.0 Å². The number of hydrogen-bond donors (Lipinski definition) is 2. The van der Waals surface area contributed by atoms with Crippen LogP contribution in [0.15, 0.2) is 60.7 Å². The van der Waals surface area contributed by atoms with Crippen molar-refractivity contribution in [3.63, 3.8) is 0 Å². The Labute approximate surface area is 303 Å². The molecule has 0 aliphatic rings. The lowest BCUT2D eigenvalue weighted by Gasteiger charge is -2.35. The third-order valence-electron chi connectivity index (χ3n) is 8.23. The highest BCUT2D eigenvalue weighted by Crippen LogP contribution is 2.45. The van der Waals surface area contributed by atoms with Gasteiger partial charge < -0.3 is 29.4 Å². The van der Waals surface area contributed by atoms with Crippen LogP contribution in [0.5, 0.6) is 0 Å². The highest BCUT2D eigenvalue weighted by molar-refractivity contribution is 7.86. The Hall–Kier alpha value is -3.78. The summed E-state index contributed by atoms with van der Waals surface area (Å²) in [5.74, 6) is -5.11. The summed E-state index contributed by atoms with van der Waals surface area (Å²) < 4.78 is 134. The first kappa shape index (κ1) is 45.4. The van der Waals surface area contributed by atoms with E-state index in [0.717, 1.165) is 38.3 Å². The van der Waals surface area contributed by atoms with Gasteiger partial charge in [-0.05, 0) is 33.1 Å². The van der Waals surface area contributed by atoms with Crippen molar-refractivity contribution in [2.45, 2.75) is 87.3 Å². The van der Waals surface area contributed by atoms with Crippen LogP contribution in [0.4, 0.5) is 26.3 Å². The lowest BCUT2D eigenvalue weighted by atomic mass is 9.91. The largest absolute Gasteiger partial charge is 0.460 e. The Kier molecular flexibility index (Phi) is 15.8. The number of aliphatic hydroxyl groups is 1. The van der Waals surface area contributed by atoms with Crippen LogP contribution >= 0.6 is 0 Å². The Bertz CT molecular complexity index is 1610. The molecule has 12 nitrogen and oxygen atoms in total. The van der Waals surface area contributed by atoms with E-state index in [1.165, 1.54) is 43.3 Å². The van der Waals surface area contributed by atoms with Crippen LogP contribution in [-0.2, 0) is 58.8 Å². The minimum absolute atomic E-state index is 0.136. The molecule has 0 unspecified atom stereocenters. The second-order valence-corrected chi connectivity index (χ2v) is 14.2. The molecule has 1 amide bonds. The number of methoxy groups -OCH3 is 2. The summed E-state index contributed by atoms with van der Waals surface area (Å²) in [4.78, 5) is 39.0. The summed E-state index contributed by atoms with van der Waals surface area (Å²) in [6, 6.07) is 11.7. The van der Waals surface area contributed by atoms with E-state index in [1.807, 2.05) is 0 Å². The highest BCUT2D eigenvalue weighted by Gasteiger charge is 2.65. The number of alkyl halides is 6. The van der Waals surface area contributed by atoms with Gasteiger partial charge in [0.25, 0.3) is 21.3 Å². The number of carbonyl (C=O) groups is 3. The standard InChI is InChI=1S/C34H43F6NO11S/c1-23(51-28(43)31(48-3,33(35,36)37)24-13-8-6-9-14-24)21-26(17-12-18-30(2,45)22-27(42)41-19-20-53(46,47)50-5)52-29(44)32(49-4,34(38,39)40)25-15-10-7-11-16-25/h6-11,13-16,23,26,45H,12,17-22H2,1-5H3,(H,41,42)/t23-,26+,30-,31+,32+/m0/s1. The van der Waals surface area contributed by atoms with Crippen molar-refractivity contribution in [3.8, 4) is 0 Å². The summed E-state index contributed by atoms with van der Waals surface area (Å²) >= 11 is 0. The minimum atomic E-state index is -5.37. The van der Waals surface area contributed by atoms with Crippen molar-refractivity contribution in [1.29, 1.82) is 0 Å². The summed E-state index contributed by atoms with van der Waals surface area (Å²) in [6.07, 6.45) is -15.6. The Morgan fingerprint density at radius 1 is 0.792 bits per heavy atom. The van der Waals surface area contributed by atoms with Crippen LogP contribution in [0.25, 0.3) is 0 Å².